The highest BCUT2D eigenvalue weighted by molar-refractivity contribution is 8.00. The van der Waals surface area contributed by atoms with Crippen molar-refractivity contribution < 1.29 is 0 Å². The normalized spacial score (nSPS) is 12.6. The van der Waals surface area contributed by atoms with Crippen LogP contribution in [-0.4, -0.2) is 25.0 Å². The molecule has 0 amide bonds. The molecule has 1 atom stereocenters. The second-order valence-electron chi connectivity index (χ2n) is 4.82. The van der Waals surface area contributed by atoms with Gasteiger partial charge in [0.25, 0.3) is 0 Å². The fraction of sp³-hybridized carbons (Fsp3) is 0.333. The number of benzene rings is 1. The van der Waals surface area contributed by atoms with Crippen LogP contribution in [0.1, 0.15) is 20.3 Å². The zero-order chi connectivity index (χ0) is 14.8. The van der Waals surface area contributed by atoms with Crippen LogP contribution in [0.5, 0.6) is 0 Å². The molecule has 0 spiro atoms. The third-order valence-corrected chi connectivity index (χ3v) is 4.11. The van der Waals surface area contributed by atoms with Crippen LogP contribution in [0, 0.1) is 11.3 Å². The zero-order valence-electron chi connectivity index (χ0n) is 11.9. The second-order valence-corrected chi connectivity index (χ2v) is 6.13. The lowest BCUT2D eigenvalue weighted by atomic mass is 10.2. The van der Waals surface area contributed by atoms with Gasteiger partial charge in [-0.2, -0.15) is 5.26 Å². The molecule has 1 unspecified atom stereocenters. The highest BCUT2D eigenvalue weighted by Gasteiger charge is 2.15. The molecule has 0 bridgehead atoms. The summed E-state index contributed by atoms with van der Waals surface area (Å²) < 4.78 is 2.18. The van der Waals surface area contributed by atoms with E-state index in [4.69, 9.17) is 5.26 Å². The van der Waals surface area contributed by atoms with E-state index in [0.717, 1.165) is 35.0 Å². The number of hydrogen-bond acceptors (Lipinski definition) is 5. The first-order valence-corrected chi connectivity index (χ1v) is 7.80. The molecule has 5 nitrogen and oxygen atoms in total. The smallest absolute Gasteiger partial charge is 0.212 e. The van der Waals surface area contributed by atoms with Crippen molar-refractivity contribution in [3.63, 3.8) is 0 Å². The molecular formula is C15H15N5S. The van der Waals surface area contributed by atoms with Gasteiger partial charge in [0.15, 0.2) is 5.65 Å². The Bertz CT molecular complexity index is 833. The molecule has 3 rings (SSSR count). The molecule has 3 aromatic rings. The van der Waals surface area contributed by atoms with Crippen molar-refractivity contribution in [1.29, 1.82) is 5.26 Å². The van der Waals surface area contributed by atoms with E-state index in [-0.39, 0.29) is 5.25 Å². The molecule has 0 aliphatic heterocycles. The highest BCUT2D eigenvalue weighted by Crippen LogP contribution is 2.28. The molecule has 6 heteroatoms. The Balaban J connectivity index is 2.21. The first kappa shape index (κ1) is 13.8. The molecular weight excluding hydrogens is 282 g/mol. The maximum Gasteiger partial charge on any atom is 0.212 e. The van der Waals surface area contributed by atoms with Gasteiger partial charge in [-0.15, -0.1) is 10.2 Å². The predicted octanol–water partition coefficient (Wildman–Crippen LogP) is 3.39. The summed E-state index contributed by atoms with van der Waals surface area (Å²) >= 11 is 1.34. The molecule has 21 heavy (non-hydrogen) atoms. The van der Waals surface area contributed by atoms with Crippen molar-refractivity contribution in [3.05, 3.63) is 24.3 Å². The third-order valence-electron chi connectivity index (χ3n) is 3.27. The van der Waals surface area contributed by atoms with E-state index in [0.29, 0.717) is 5.16 Å². The van der Waals surface area contributed by atoms with Crippen LogP contribution in [0.2, 0.25) is 0 Å². The van der Waals surface area contributed by atoms with E-state index >= 15 is 0 Å². The van der Waals surface area contributed by atoms with Crippen molar-refractivity contribution in [3.8, 4) is 6.07 Å². The average Bonchev–Trinajstić information content (AvgIpc) is 2.82. The standard InChI is InChI=1S/C15H15N5S/c1-3-8-20-12-7-5-4-6-11(12)13-14(20)17-15(19-18-13)21-10(2)9-16/h4-7,10H,3,8H2,1-2H3. The number of aryl methyl sites for hydroxylation is 1. The van der Waals surface area contributed by atoms with Crippen molar-refractivity contribution in [2.75, 3.05) is 0 Å². The van der Waals surface area contributed by atoms with Crippen LogP contribution in [0.4, 0.5) is 0 Å². The average molecular weight is 297 g/mol. The van der Waals surface area contributed by atoms with Crippen molar-refractivity contribution in [2.24, 2.45) is 0 Å². The van der Waals surface area contributed by atoms with Gasteiger partial charge >= 0.3 is 0 Å². The number of thioether (sulfide) groups is 1. The number of nitrogens with zero attached hydrogens (tertiary/aromatic N) is 5. The van der Waals surface area contributed by atoms with Crippen molar-refractivity contribution in [1.82, 2.24) is 19.7 Å². The minimum Gasteiger partial charge on any atom is -0.324 e. The van der Waals surface area contributed by atoms with Crippen LogP contribution in [0.15, 0.2) is 29.4 Å². The fourth-order valence-electron chi connectivity index (χ4n) is 2.37. The Morgan fingerprint density at radius 2 is 2.14 bits per heavy atom. The summed E-state index contributed by atoms with van der Waals surface area (Å²) in [5.74, 6) is 0. The molecule has 0 radical (unpaired) electrons. The summed E-state index contributed by atoms with van der Waals surface area (Å²) in [4.78, 5) is 4.62. The Kier molecular flexibility index (Phi) is 3.76. The Hall–Kier alpha value is -2.13. The summed E-state index contributed by atoms with van der Waals surface area (Å²) in [5, 5.41) is 18.8. The van der Waals surface area contributed by atoms with Gasteiger partial charge in [-0.1, -0.05) is 36.9 Å². The van der Waals surface area contributed by atoms with Gasteiger partial charge in [-0.05, 0) is 19.4 Å². The maximum absolute atomic E-state index is 8.91. The lowest BCUT2D eigenvalue weighted by Crippen LogP contribution is -2.01. The van der Waals surface area contributed by atoms with E-state index in [9.17, 15) is 0 Å². The van der Waals surface area contributed by atoms with Gasteiger partial charge in [0.1, 0.15) is 5.52 Å². The van der Waals surface area contributed by atoms with Gasteiger partial charge in [0.05, 0.1) is 16.8 Å². The van der Waals surface area contributed by atoms with Crippen LogP contribution >= 0.6 is 11.8 Å². The molecule has 0 aliphatic carbocycles. The minimum absolute atomic E-state index is 0.187. The third kappa shape index (κ3) is 2.45. The van der Waals surface area contributed by atoms with Crippen LogP contribution < -0.4 is 0 Å². The first-order chi connectivity index (χ1) is 10.2. The first-order valence-electron chi connectivity index (χ1n) is 6.92. The summed E-state index contributed by atoms with van der Waals surface area (Å²) in [6.07, 6.45) is 1.02. The molecule has 2 aromatic heterocycles. The number of hydrogen-bond donors (Lipinski definition) is 0. The molecule has 0 aliphatic rings. The fourth-order valence-corrected chi connectivity index (χ4v) is 2.97. The Morgan fingerprint density at radius 3 is 2.90 bits per heavy atom. The number of rotatable bonds is 4. The van der Waals surface area contributed by atoms with E-state index in [1.165, 1.54) is 11.8 Å². The molecule has 0 N–H and O–H groups in total. The SMILES string of the molecule is CCCn1c2ccccc2c2nnc(SC(C)C#N)nc21. The molecule has 0 saturated heterocycles. The van der Waals surface area contributed by atoms with E-state index < -0.39 is 0 Å². The van der Waals surface area contributed by atoms with Crippen molar-refractivity contribution in [2.45, 2.75) is 37.2 Å². The van der Waals surface area contributed by atoms with E-state index in [2.05, 4.69) is 38.8 Å². The Morgan fingerprint density at radius 1 is 1.33 bits per heavy atom. The number of fused-ring (bicyclic) bond motifs is 3. The van der Waals surface area contributed by atoms with E-state index in [1.807, 2.05) is 25.1 Å². The quantitative estimate of drug-likeness (QED) is 0.690. The maximum atomic E-state index is 8.91. The van der Waals surface area contributed by atoms with Gasteiger partial charge in [0.2, 0.25) is 5.16 Å². The van der Waals surface area contributed by atoms with Crippen LogP contribution in [0.25, 0.3) is 22.1 Å². The van der Waals surface area contributed by atoms with Gasteiger partial charge < -0.3 is 4.57 Å². The highest BCUT2D eigenvalue weighted by atomic mass is 32.2. The van der Waals surface area contributed by atoms with Crippen LogP contribution in [-0.2, 0) is 6.54 Å². The number of para-hydroxylation sites is 1. The minimum atomic E-state index is -0.187. The number of aromatic nitrogens is 4. The Labute approximate surface area is 127 Å². The largest absolute Gasteiger partial charge is 0.324 e. The molecule has 2 heterocycles. The summed E-state index contributed by atoms with van der Waals surface area (Å²) in [5.41, 5.74) is 2.81. The van der Waals surface area contributed by atoms with Crippen molar-refractivity contribution >= 4 is 33.8 Å². The summed E-state index contributed by atoms with van der Waals surface area (Å²) in [7, 11) is 0. The summed E-state index contributed by atoms with van der Waals surface area (Å²) in [6, 6.07) is 10.3. The topological polar surface area (TPSA) is 67.4 Å². The molecule has 0 fully saturated rings. The van der Waals surface area contributed by atoms with Gasteiger partial charge in [-0.25, -0.2) is 4.98 Å². The zero-order valence-corrected chi connectivity index (χ0v) is 12.8. The van der Waals surface area contributed by atoms with Gasteiger partial charge in [-0.3, -0.25) is 0 Å². The van der Waals surface area contributed by atoms with E-state index in [1.54, 1.807) is 0 Å². The number of nitriles is 1. The monoisotopic (exact) mass is 297 g/mol. The van der Waals surface area contributed by atoms with Crippen LogP contribution in [0.3, 0.4) is 0 Å². The summed E-state index contributed by atoms with van der Waals surface area (Å²) in [6.45, 7) is 4.86. The molecule has 1 aromatic carbocycles. The molecule has 106 valence electrons. The lowest BCUT2D eigenvalue weighted by molar-refractivity contribution is 0.709. The second kappa shape index (κ2) is 5.70. The lowest BCUT2D eigenvalue weighted by Gasteiger charge is -2.05. The van der Waals surface area contributed by atoms with Gasteiger partial charge in [0, 0.05) is 11.9 Å². The predicted molar refractivity (Wildman–Crippen MR) is 84.1 cm³/mol. The molecule has 0 saturated carbocycles.